The number of nitrogens with zero attached hydrogens (tertiary/aromatic N) is 1. The Kier molecular flexibility index (Phi) is 3.70. The van der Waals surface area contributed by atoms with Crippen LogP contribution in [0.2, 0.25) is 0 Å². The summed E-state index contributed by atoms with van der Waals surface area (Å²) >= 11 is 0. The molecule has 1 aliphatic carbocycles. The smallest absolute Gasteiger partial charge is 0.225 e. The molecule has 0 spiro atoms. The van der Waals surface area contributed by atoms with Crippen molar-refractivity contribution in [3.8, 4) is 0 Å². The van der Waals surface area contributed by atoms with E-state index in [4.69, 9.17) is 0 Å². The van der Waals surface area contributed by atoms with Gasteiger partial charge in [-0.2, -0.15) is 0 Å². The Morgan fingerprint density at radius 1 is 1.33 bits per heavy atom. The molecule has 1 aliphatic heterocycles. The predicted molar refractivity (Wildman–Crippen MR) is 80.8 cm³/mol. The first-order chi connectivity index (χ1) is 10.0. The largest absolute Gasteiger partial charge is 0.349 e. The van der Waals surface area contributed by atoms with Crippen LogP contribution in [0.4, 0.5) is 0 Å². The maximum absolute atomic E-state index is 12.3. The van der Waals surface area contributed by atoms with E-state index in [0.717, 1.165) is 12.0 Å². The first-order valence-electron chi connectivity index (χ1n) is 7.70. The number of fused-ring (bicyclic) bond motifs is 1. The molecule has 1 fully saturated rings. The number of amides is 2. The lowest BCUT2D eigenvalue weighted by Crippen LogP contribution is -2.34. The van der Waals surface area contributed by atoms with Gasteiger partial charge >= 0.3 is 0 Å². The molecule has 1 saturated heterocycles. The van der Waals surface area contributed by atoms with Crippen molar-refractivity contribution in [2.75, 3.05) is 13.6 Å². The average molecular weight is 286 g/mol. The van der Waals surface area contributed by atoms with Gasteiger partial charge in [-0.1, -0.05) is 18.2 Å². The Bertz CT molecular complexity index is 582. The van der Waals surface area contributed by atoms with Crippen molar-refractivity contribution in [3.63, 3.8) is 0 Å². The van der Waals surface area contributed by atoms with Crippen molar-refractivity contribution in [2.24, 2.45) is 5.92 Å². The monoisotopic (exact) mass is 286 g/mol. The minimum atomic E-state index is -0.209. The van der Waals surface area contributed by atoms with Crippen LogP contribution in [0.15, 0.2) is 18.2 Å². The molecule has 2 atom stereocenters. The topological polar surface area (TPSA) is 49.4 Å². The third kappa shape index (κ3) is 2.80. The number of nitrogens with one attached hydrogen (secondary N) is 1. The van der Waals surface area contributed by atoms with E-state index in [-0.39, 0.29) is 23.8 Å². The van der Waals surface area contributed by atoms with Crippen molar-refractivity contribution >= 4 is 11.8 Å². The second-order valence-electron chi connectivity index (χ2n) is 6.29. The highest BCUT2D eigenvalue weighted by Crippen LogP contribution is 2.26. The van der Waals surface area contributed by atoms with Gasteiger partial charge in [0.1, 0.15) is 0 Å². The molecule has 1 aromatic carbocycles. The lowest BCUT2D eigenvalue weighted by molar-refractivity contribution is -0.128. The van der Waals surface area contributed by atoms with E-state index in [1.54, 1.807) is 11.9 Å². The fourth-order valence-corrected chi connectivity index (χ4v) is 3.31. The molecule has 2 amide bonds. The number of hydrogen-bond acceptors (Lipinski definition) is 2. The molecular weight excluding hydrogens is 264 g/mol. The summed E-state index contributed by atoms with van der Waals surface area (Å²) in [4.78, 5) is 25.4. The van der Waals surface area contributed by atoms with Crippen molar-refractivity contribution in [2.45, 2.75) is 38.6 Å². The van der Waals surface area contributed by atoms with Crippen LogP contribution in [0.25, 0.3) is 0 Å². The average Bonchev–Trinajstić information content (AvgIpc) is 3.05. The lowest BCUT2D eigenvalue weighted by Gasteiger charge is -2.18. The third-order valence-corrected chi connectivity index (χ3v) is 4.69. The zero-order valence-electron chi connectivity index (χ0n) is 12.7. The summed E-state index contributed by atoms with van der Waals surface area (Å²) in [7, 11) is 1.75. The molecule has 2 aliphatic rings. The van der Waals surface area contributed by atoms with Gasteiger partial charge in [0.05, 0.1) is 12.0 Å². The number of carbonyl (C=O) groups is 2. The Morgan fingerprint density at radius 2 is 2.10 bits per heavy atom. The van der Waals surface area contributed by atoms with Gasteiger partial charge in [-0.3, -0.25) is 9.59 Å². The summed E-state index contributed by atoms with van der Waals surface area (Å²) in [5.41, 5.74) is 4.02. The van der Waals surface area contributed by atoms with Gasteiger partial charge in [0.15, 0.2) is 0 Å². The first kappa shape index (κ1) is 14.1. The molecule has 21 heavy (non-hydrogen) atoms. The molecule has 1 N–H and O–H groups in total. The number of aryl methyl sites for hydroxylation is 2. The first-order valence-corrected chi connectivity index (χ1v) is 7.70. The van der Waals surface area contributed by atoms with Crippen LogP contribution in [0.5, 0.6) is 0 Å². The van der Waals surface area contributed by atoms with Crippen LogP contribution in [0.3, 0.4) is 0 Å². The quantitative estimate of drug-likeness (QED) is 0.921. The molecule has 3 rings (SSSR count). The Morgan fingerprint density at radius 3 is 2.81 bits per heavy atom. The summed E-state index contributed by atoms with van der Waals surface area (Å²) in [5.74, 6) is -0.166. The van der Waals surface area contributed by atoms with Gasteiger partial charge in [-0.25, -0.2) is 0 Å². The maximum Gasteiger partial charge on any atom is 0.225 e. The van der Waals surface area contributed by atoms with Crippen molar-refractivity contribution < 1.29 is 9.59 Å². The lowest BCUT2D eigenvalue weighted by atomic mass is 10.0. The minimum Gasteiger partial charge on any atom is -0.349 e. The minimum absolute atomic E-state index is 0.00981. The van der Waals surface area contributed by atoms with Crippen molar-refractivity contribution in [3.05, 3.63) is 34.9 Å². The van der Waals surface area contributed by atoms with E-state index in [1.165, 1.54) is 24.0 Å². The number of hydrogen-bond donors (Lipinski definition) is 1. The standard InChI is InChI=1S/C17H22N2O2/c1-11(13-7-6-12-4-3-5-14(12)8-13)18-17(21)15-9-16(20)19(2)10-15/h6-8,11,15H,3-5,9-10H2,1-2H3,(H,18,21). The third-order valence-electron chi connectivity index (χ3n) is 4.69. The molecule has 112 valence electrons. The Hall–Kier alpha value is -1.84. The summed E-state index contributed by atoms with van der Waals surface area (Å²) in [5, 5.41) is 3.05. The van der Waals surface area contributed by atoms with Gasteiger partial charge in [0, 0.05) is 20.0 Å². The second-order valence-corrected chi connectivity index (χ2v) is 6.29. The zero-order chi connectivity index (χ0) is 15.0. The van der Waals surface area contributed by atoms with E-state index >= 15 is 0 Å². The van der Waals surface area contributed by atoms with Crippen LogP contribution < -0.4 is 5.32 Å². The van der Waals surface area contributed by atoms with Crippen molar-refractivity contribution in [1.29, 1.82) is 0 Å². The fourth-order valence-electron chi connectivity index (χ4n) is 3.31. The highest BCUT2D eigenvalue weighted by Gasteiger charge is 2.32. The summed E-state index contributed by atoms with van der Waals surface area (Å²) in [6.45, 7) is 2.54. The molecule has 0 bridgehead atoms. The van der Waals surface area contributed by atoms with Gasteiger partial charge in [0.25, 0.3) is 0 Å². The highest BCUT2D eigenvalue weighted by molar-refractivity contribution is 5.89. The second kappa shape index (κ2) is 5.51. The number of likely N-dealkylation sites (tertiary alicyclic amines) is 1. The van der Waals surface area contributed by atoms with Crippen molar-refractivity contribution in [1.82, 2.24) is 10.2 Å². The molecule has 1 heterocycles. The summed E-state index contributed by atoms with van der Waals surface area (Å²) in [6.07, 6.45) is 3.88. The molecule has 1 aromatic rings. The van der Waals surface area contributed by atoms with Crippen LogP contribution in [-0.4, -0.2) is 30.3 Å². The highest BCUT2D eigenvalue weighted by atomic mass is 16.2. The van der Waals surface area contributed by atoms with Crippen LogP contribution in [-0.2, 0) is 22.4 Å². The zero-order valence-corrected chi connectivity index (χ0v) is 12.7. The van der Waals surface area contributed by atoms with Crippen LogP contribution in [0.1, 0.15) is 42.5 Å². The van der Waals surface area contributed by atoms with E-state index in [0.29, 0.717) is 13.0 Å². The number of rotatable bonds is 3. The molecule has 0 saturated carbocycles. The molecular formula is C17H22N2O2. The molecule has 0 aromatic heterocycles. The van der Waals surface area contributed by atoms with Gasteiger partial charge in [-0.05, 0) is 42.9 Å². The normalized spacial score (nSPS) is 22.3. The van der Waals surface area contributed by atoms with E-state index in [2.05, 4.69) is 23.5 Å². The number of benzene rings is 1. The van der Waals surface area contributed by atoms with E-state index < -0.39 is 0 Å². The molecule has 4 heteroatoms. The molecule has 0 radical (unpaired) electrons. The Labute approximate surface area is 125 Å². The number of carbonyl (C=O) groups excluding carboxylic acids is 2. The molecule has 2 unspecified atom stereocenters. The fraction of sp³-hybridized carbons (Fsp3) is 0.529. The van der Waals surface area contributed by atoms with Gasteiger partial charge < -0.3 is 10.2 Å². The Balaban J connectivity index is 1.65. The van der Waals surface area contributed by atoms with Crippen LogP contribution in [0, 0.1) is 5.92 Å². The van der Waals surface area contributed by atoms with E-state index in [9.17, 15) is 9.59 Å². The van der Waals surface area contributed by atoms with Gasteiger partial charge in [0.2, 0.25) is 11.8 Å². The maximum atomic E-state index is 12.3. The van der Waals surface area contributed by atoms with Crippen LogP contribution >= 0.6 is 0 Å². The SMILES string of the molecule is CC(NC(=O)C1CC(=O)N(C)C1)c1ccc2c(c1)CCC2. The summed E-state index contributed by atoms with van der Waals surface area (Å²) in [6, 6.07) is 6.51. The summed E-state index contributed by atoms with van der Waals surface area (Å²) < 4.78 is 0. The van der Waals surface area contributed by atoms with Gasteiger partial charge in [-0.15, -0.1) is 0 Å². The molecule has 4 nitrogen and oxygen atoms in total. The predicted octanol–water partition coefficient (Wildman–Crippen LogP) is 1.83. The van der Waals surface area contributed by atoms with E-state index in [1.807, 2.05) is 6.92 Å².